The first-order chi connectivity index (χ1) is 11.6. The number of rotatable bonds is 2. The highest BCUT2D eigenvalue weighted by molar-refractivity contribution is 5.94. The predicted molar refractivity (Wildman–Crippen MR) is 88.8 cm³/mol. The maximum Gasteiger partial charge on any atom is 0.274 e. The van der Waals surface area contributed by atoms with Crippen LogP contribution in [0.4, 0.5) is 0 Å². The van der Waals surface area contributed by atoms with Gasteiger partial charge in [-0.05, 0) is 45.2 Å². The summed E-state index contributed by atoms with van der Waals surface area (Å²) < 4.78 is 7.17. The van der Waals surface area contributed by atoms with Gasteiger partial charge in [0, 0.05) is 18.8 Å². The highest BCUT2D eigenvalue weighted by Crippen LogP contribution is 2.32. The van der Waals surface area contributed by atoms with Crippen LogP contribution in [0.15, 0.2) is 35.0 Å². The fraction of sp³-hybridized carbons (Fsp3) is 0.389. The van der Waals surface area contributed by atoms with Gasteiger partial charge in [-0.15, -0.1) is 0 Å². The predicted octanol–water partition coefficient (Wildman–Crippen LogP) is 3.31. The number of fused-ring (bicyclic) bond motifs is 1. The summed E-state index contributed by atoms with van der Waals surface area (Å²) in [6, 6.07) is 7.67. The lowest BCUT2D eigenvalue weighted by molar-refractivity contribution is 0.0595. The molecule has 3 aromatic rings. The molecule has 1 unspecified atom stereocenters. The van der Waals surface area contributed by atoms with Crippen molar-refractivity contribution in [3.63, 3.8) is 0 Å². The number of hydrogen-bond donors (Lipinski definition) is 0. The van der Waals surface area contributed by atoms with Gasteiger partial charge in [0.15, 0.2) is 0 Å². The van der Waals surface area contributed by atoms with Crippen LogP contribution in [-0.4, -0.2) is 31.9 Å². The fourth-order valence-electron chi connectivity index (χ4n) is 3.48. The molecule has 0 saturated carbocycles. The van der Waals surface area contributed by atoms with E-state index in [4.69, 9.17) is 4.52 Å². The molecule has 6 heteroatoms. The minimum Gasteiger partial charge on any atom is -0.361 e. The molecule has 0 spiro atoms. The SMILES string of the molecule is Cc1cc(C2CCCCN2C(=O)c2nc3ccccn3c2C)no1. The smallest absolute Gasteiger partial charge is 0.274 e. The van der Waals surface area contributed by atoms with Crippen LogP contribution in [0.2, 0.25) is 0 Å². The average molecular weight is 324 g/mol. The normalized spacial score (nSPS) is 18.2. The van der Waals surface area contributed by atoms with Gasteiger partial charge in [-0.1, -0.05) is 11.2 Å². The zero-order valence-corrected chi connectivity index (χ0v) is 13.9. The molecule has 0 aromatic carbocycles. The minimum absolute atomic E-state index is 0.0263. The van der Waals surface area contributed by atoms with Crippen LogP contribution < -0.4 is 0 Å². The molecular weight excluding hydrogens is 304 g/mol. The van der Waals surface area contributed by atoms with E-state index in [0.717, 1.165) is 48.6 Å². The number of imidazole rings is 1. The van der Waals surface area contributed by atoms with Crippen molar-refractivity contribution in [2.75, 3.05) is 6.54 Å². The number of carbonyl (C=O) groups is 1. The Morgan fingerprint density at radius 3 is 2.92 bits per heavy atom. The van der Waals surface area contributed by atoms with E-state index in [-0.39, 0.29) is 11.9 Å². The van der Waals surface area contributed by atoms with Crippen molar-refractivity contribution in [3.8, 4) is 0 Å². The number of aryl methyl sites for hydroxylation is 2. The van der Waals surface area contributed by atoms with E-state index in [1.165, 1.54) is 0 Å². The Kier molecular flexibility index (Phi) is 3.59. The summed E-state index contributed by atoms with van der Waals surface area (Å²) in [6.07, 6.45) is 4.93. The minimum atomic E-state index is -0.0343. The van der Waals surface area contributed by atoms with Gasteiger partial charge in [-0.2, -0.15) is 0 Å². The third-order valence-electron chi connectivity index (χ3n) is 4.72. The lowest BCUT2D eigenvalue weighted by Crippen LogP contribution is -2.39. The number of likely N-dealkylation sites (tertiary alicyclic amines) is 1. The molecule has 0 bridgehead atoms. The second-order valence-electron chi connectivity index (χ2n) is 6.35. The third-order valence-corrected chi connectivity index (χ3v) is 4.72. The first kappa shape index (κ1) is 14.9. The van der Waals surface area contributed by atoms with Crippen molar-refractivity contribution in [1.29, 1.82) is 0 Å². The van der Waals surface area contributed by atoms with E-state index < -0.39 is 0 Å². The molecule has 1 fully saturated rings. The monoisotopic (exact) mass is 324 g/mol. The molecule has 1 aliphatic heterocycles. The molecule has 0 aliphatic carbocycles. The summed E-state index contributed by atoms with van der Waals surface area (Å²) >= 11 is 0. The number of hydrogen-bond acceptors (Lipinski definition) is 4. The first-order valence-electron chi connectivity index (χ1n) is 8.33. The summed E-state index contributed by atoms with van der Waals surface area (Å²) in [5.74, 6) is 0.744. The molecule has 1 amide bonds. The number of piperidine rings is 1. The number of amides is 1. The van der Waals surface area contributed by atoms with E-state index in [1.807, 2.05) is 53.6 Å². The number of pyridine rings is 1. The van der Waals surface area contributed by atoms with Crippen LogP contribution in [0.1, 0.15) is 52.9 Å². The summed E-state index contributed by atoms with van der Waals surface area (Å²) in [5.41, 5.74) is 3.02. The van der Waals surface area contributed by atoms with Crippen molar-refractivity contribution in [2.24, 2.45) is 0 Å². The number of aromatic nitrogens is 3. The van der Waals surface area contributed by atoms with Gasteiger partial charge in [0.25, 0.3) is 5.91 Å². The zero-order chi connectivity index (χ0) is 16.7. The molecule has 0 N–H and O–H groups in total. The van der Waals surface area contributed by atoms with Crippen molar-refractivity contribution < 1.29 is 9.32 Å². The van der Waals surface area contributed by atoms with Gasteiger partial charge < -0.3 is 13.8 Å². The molecule has 24 heavy (non-hydrogen) atoms. The molecular formula is C18H20N4O2. The third kappa shape index (κ3) is 2.38. The molecule has 4 heterocycles. The molecule has 1 atom stereocenters. The van der Waals surface area contributed by atoms with Gasteiger partial charge in [0.1, 0.15) is 22.8 Å². The van der Waals surface area contributed by atoms with Crippen LogP contribution >= 0.6 is 0 Å². The van der Waals surface area contributed by atoms with Gasteiger partial charge >= 0.3 is 0 Å². The van der Waals surface area contributed by atoms with E-state index in [0.29, 0.717) is 5.69 Å². The highest BCUT2D eigenvalue weighted by atomic mass is 16.5. The summed E-state index contributed by atoms with van der Waals surface area (Å²) in [7, 11) is 0. The van der Waals surface area contributed by atoms with Gasteiger partial charge in [0.2, 0.25) is 0 Å². The van der Waals surface area contributed by atoms with Crippen molar-refractivity contribution in [2.45, 2.75) is 39.2 Å². The molecule has 1 aliphatic rings. The lowest BCUT2D eigenvalue weighted by atomic mass is 9.98. The van der Waals surface area contributed by atoms with E-state index >= 15 is 0 Å². The standard InChI is InChI=1S/C18H20N4O2/c1-12-11-14(20-24-12)15-7-3-5-10-22(15)18(23)17-13(2)21-9-6-4-8-16(21)19-17/h4,6,8-9,11,15H,3,5,7,10H2,1-2H3. The second kappa shape index (κ2) is 5.78. The topological polar surface area (TPSA) is 63.6 Å². The molecule has 3 aromatic heterocycles. The summed E-state index contributed by atoms with van der Waals surface area (Å²) in [5, 5.41) is 4.14. The lowest BCUT2D eigenvalue weighted by Gasteiger charge is -2.34. The number of carbonyl (C=O) groups excluding carboxylic acids is 1. The van der Waals surface area contributed by atoms with E-state index in [1.54, 1.807) is 0 Å². The Morgan fingerprint density at radius 2 is 2.17 bits per heavy atom. The largest absolute Gasteiger partial charge is 0.361 e. The highest BCUT2D eigenvalue weighted by Gasteiger charge is 2.32. The van der Waals surface area contributed by atoms with Crippen LogP contribution in [0.3, 0.4) is 0 Å². The summed E-state index contributed by atoms with van der Waals surface area (Å²) in [4.78, 5) is 19.6. The molecule has 4 rings (SSSR count). The second-order valence-corrected chi connectivity index (χ2v) is 6.35. The van der Waals surface area contributed by atoms with Crippen molar-refractivity contribution in [1.82, 2.24) is 19.4 Å². The van der Waals surface area contributed by atoms with Crippen LogP contribution in [0.25, 0.3) is 5.65 Å². The van der Waals surface area contributed by atoms with E-state index in [9.17, 15) is 4.79 Å². The Labute approximate surface area is 140 Å². The van der Waals surface area contributed by atoms with Crippen LogP contribution in [0.5, 0.6) is 0 Å². The van der Waals surface area contributed by atoms with E-state index in [2.05, 4.69) is 10.1 Å². The molecule has 124 valence electrons. The maximum absolute atomic E-state index is 13.2. The van der Waals surface area contributed by atoms with Crippen molar-refractivity contribution in [3.05, 3.63) is 53.3 Å². The Balaban J connectivity index is 1.71. The Hall–Kier alpha value is -2.63. The fourth-order valence-corrected chi connectivity index (χ4v) is 3.48. The summed E-state index contributed by atoms with van der Waals surface area (Å²) in [6.45, 7) is 4.53. The van der Waals surface area contributed by atoms with Crippen LogP contribution in [0, 0.1) is 13.8 Å². The Bertz CT molecular complexity index is 895. The maximum atomic E-state index is 13.2. The average Bonchev–Trinajstić information content (AvgIpc) is 3.18. The van der Waals surface area contributed by atoms with Crippen molar-refractivity contribution >= 4 is 11.6 Å². The Morgan fingerprint density at radius 1 is 1.29 bits per heavy atom. The molecule has 0 radical (unpaired) electrons. The molecule has 6 nitrogen and oxygen atoms in total. The molecule has 1 saturated heterocycles. The first-order valence-corrected chi connectivity index (χ1v) is 8.33. The van der Waals surface area contributed by atoms with Crippen LogP contribution in [-0.2, 0) is 0 Å². The van der Waals surface area contributed by atoms with Gasteiger partial charge in [-0.3, -0.25) is 4.79 Å². The number of nitrogens with zero attached hydrogens (tertiary/aromatic N) is 4. The zero-order valence-electron chi connectivity index (χ0n) is 13.9. The van der Waals surface area contributed by atoms with Gasteiger partial charge in [0.05, 0.1) is 11.7 Å². The van der Waals surface area contributed by atoms with Gasteiger partial charge in [-0.25, -0.2) is 4.98 Å². The quantitative estimate of drug-likeness (QED) is 0.725.